The van der Waals surface area contributed by atoms with Gasteiger partial charge in [0.1, 0.15) is 0 Å². The molecule has 180 valence electrons. The number of hydrogen-bond donors (Lipinski definition) is 0. The molecule has 37 heavy (non-hydrogen) atoms. The lowest BCUT2D eigenvalue weighted by molar-refractivity contribution is 0.895. The second kappa shape index (κ2) is 8.68. The Morgan fingerprint density at radius 3 is 1.68 bits per heavy atom. The molecule has 0 amide bonds. The first-order valence-electron chi connectivity index (χ1n) is 12.1. The first kappa shape index (κ1) is 22.6. The van der Waals surface area contributed by atoms with Crippen LogP contribution in [0.25, 0.3) is 44.8 Å². The molecule has 0 unspecified atom stereocenters. The van der Waals surface area contributed by atoms with Gasteiger partial charge in [0.25, 0.3) is 11.1 Å². The maximum atomic E-state index is 14.0. The lowest BCUT2D eigenvalue weighted by atomic mass is 10.1. The van der Waals surface area contributed by atoms with E-state index >= 15 is 0 Å². The Hall–Kier alpha value is -4.84. The summed E-state index contributed by atoms with van der Waals surface area (Å²) < 4.78 is 3.14. The van der Waals surface area contributed by atoms with Gasteiger partial charge < -0.3 is 0 Å². The highest BCUT2D eigenvalue weighted by atomic mass is 16.1. The van der Waals surface area contributed by atoms with E-state index < -0.39 is 0 Å². The molecule has 0 fully saturated rings. The molecule has 0 atom stereocenters. The Kier molecular flexibility index (Phi) is 5.30. The molecule has 0 spiro atoms. The molecule has 0 bridgehead atoms. The Morgan fingerprint density at radius 2 is 1.08 bits per heavy atom. The summed E-state index contributed by atoms with van der Waals surface area (Å²) in [5, 5.41) is 0.990. The molecular weight excluding hydrogens is 460 g/mol. The van der Waals surface area contributed by atoms with E-state index in [1.807, 2.05) is 93.6 Å². The maximum absolute atomic E-state index is 14.0. The standard InChI is InChI=1S/C31H24N4O2/c1-19-12-15-22(16-13-19)34-28(32-25-10-6-4-8-23(25)30(34)36)29-33-26-11-7-5-9-24(26)31(37)35(29)27-17-14-20(2)18-21(27)3/h4-18H,1-3H3. The van der Waals surface area contributed by atoms with Crippen molar-refractivity contribution in [2.24, 2.45) is 0 Å². The summed E-state index contributed by atoms with van der Waals surface area (Å²) >= 11 is 0. The van der Waals surface area contributed by atoms with Gasteiger partial charge in [0.2, 0.25) is 0 Å². The highest BCUT2D eigenvalue weighted by Crippen LogP contribution is 2.26. The lowest BCUT2D eigenvalue weighted by Gasteiger charge is -2.19. The third kappa shape index (κ3) is 3.74. The van der Waals surface area contributed by atoms with Gasteiger partial charge >= 0.3 is 0 Å². The van der Waals surface area contributed by atoms with E-state index in [0.29, 0.717) is 44.8 Å². The molecule has 0 radical (unpaired) electrons. The minimum atomic E-state index is -0.223. The fraction of sp³-hybridized carbons (Fsp3) is 0.0968. The van der Waals surface area contributed by atoms with Crippen LogP contribution < -0.4 is 11.1 Å². The van der Waals surface area contributed by atoms with Gasteiger partial charge in [0, 0.05) is 0 Å². The van der Waals surface area contributed by atoms with Gasteiger partial charge in [-0.25, -0.2) is 9.97 Å². The van der Waals surface area contributed by atoms with Crippen LogP contribution in [0.1, 0.15) is 16.7 Å². The van der Waals surface area contributed by atoms with Crippen LogP contribution in [0.5, 0.6) is 0 Å². The molecule has 4 aromatic carbocycles. The average Bonchev–Trinajstić information content (AvgIpc) is 2.90. The smallest absolute Gasteiger partial charge is 0.266 e. The molecule has 0 N–H and O–H groups in total. The van der Waals surface area contributed by atoms with Crippen molar-refractivity contribution in [3.05, 3.63) is 128 Å². The highest BCUT2D eigenvalue weighted by Gasteiger charge is 2.22. The van der Waals surface area contributed by atoms with Crippen LogP contribution in [0.4, 0.5) is 0 Å². The fourth-order valence-electron chi connectivity index (χ4n) is 4.78. The van der Waals surface area contributed by atoms with E-state index in [0.717, 1.165) is 16.7 Å². The number of hydrogen-bond acceptors (Lipinski definition) is 4. The van der Waals surface area contributed by atoms with E-state index in [9.17, 15) is 9.59 Å². The minimum absolute atomic E-state index is 0.217. The van der Waals surface area contributed by atoms with Gasteiger partial charge in [-0.15, -0.1) is 0 Å². The van der Waals surface area contributed by atoms with Crippen LogP contribution in [0.3, 0.4) is 0 Å². The third-order valence-corrected chi connectivity index (χ3v) is 6.64. The van der Waals surface area contributed by atoms with Crippen LogP contribution in [0.2, 0.25) is 0 Å². The predicted molar refractivity (Wildman–Crippen MR) is 148 cm³/mol. The van der Waals surface area contributed by atoms with Gasteiger partial charge in [0.15, 0.2) is 11.6 Å². The van der Waals surface area contributed by atoms with Crippen molar-refractivity contribution in [3.8, 4) is 23.0 Å². The number of para-hydroxylation sites is 2. The van der Waals surface area contributed by atoms with Crippen molar-refractivity contribution in [2.75, 3.05) is 0 Å². The molecule has 0 aliphatic heterocycles. The summed E-state index contributed by atoms with van der Waals surface area (Å²) in [4.78, 5) is 37.8. The monoisotopic (exact) mass is 484 g/mol. The lowest BCUT2D eigenvalue weighted by Crippen LogP contribution is -2.28. The van der Waals surface area contributed by atoms with Gasteiger partial charge in [-0.3, -0.25) is 18.7 Å². The largest absolute Gasteiger partial charge is 0.268 e. The molecule has 0 aliphatic rings. The second-order valence-electron chi connectivity index (χ2n) is 9.31. The molecule has 2 aromatic heterocycles. The summed E-state index contributed by atoms with van der Waals surface area (Å²) in [7, 11) is 0. The third-order valence-electron chi connectivity index (χ3n) is 6.64. The van der Waals surface area contributed by atoms with Crippen molar-refractivity contribution in [2.45, 2.75) is 20.8 Å². The number of nitrogens with zero attached hydrogens (tertiary/aromatic N) is 4. The van der Waals surface area contributed by atoms with Crippen LogP contribution in [0.15, 0.2) is 101 Å². The summed E-state index contributed by atoms with van der Waals surface area (Å²) in [5.41, 5.74) is 5.07. The Morgan fingerprint density at radius 1 is 0.568 bits per heavy atom. The van der Waals surface area contributed by atoms with E-state index in [1.54, 1.807) is 27.3 Å². The van der Waals surface area contributed by atoms with Gasteiger partial charge in [-0.1, -0.05) is 59.7 Å². The van der Waals surface area contributed by atoms with Gasteiger partial charge in [0.05, 0.1) is 33.2 Å². The van der Waals surface area contributed by atoms with E-state index in [2.05, 4.69) is 0 Å². The quantitative estimate of drug-likeness (QED) is 0.324. The number of rotatable bonds is 3. The number of aromatic nitrogens is 4. The van der Waals surface area contributed by atoms with Crippen LogP contribution in [-0.4, -0.2) is 19.1 Å². The zero-order valence-corrected chi connectivity index (χ0v) is 20.8. The summed E-state index contributed by atoms with van der Waals surface area (Å²) in [5.74, 6) is 0.606. The molecule has 2 heterocycles. The first-order chi connectivity index (χ1) is 17.9. The second-order valence-corrected chi connectivity index (χ2v) is 9.31. The SMILES string of the molecule is Cc1ccc(-n2c(-c3nc4ccccc4c(=O)n3-c3ccc(C)cc3C)nc3ccccc3c2=O)cc1. The zero-order chi connectivity index (χ0) is 25.7. The predicted octanol–water partition coefficient (Wildman–Crippen LogP) is 5.68. The molecule has 6 nitrogen and oxygen atoms in total. The molecule has 0 saturated carbocycles. The number of benzene rings is 4. The average molecular weight is 485 g/mol. The van der Waals surface area contributed by atoms with Crippen molar-refractivity contribution < 1.29 is 0 Å². The highest BCUT2D eigenvalue weighted by molar-refractivity contribution is 5.83. The molecule has 0 aliphatic carbocycles. The molecular formula is C31H24N4O2. The number of aryl methyl sites for hydroxylation is 3. The first-order valence-corrected chi connectivity index (χ1v) is 12.1. The minimum Gasteiger partial charge on any atom is -0.268 e. The molecule has 6 heteroatoms. The van der Waals surface area contributed by atoms with E-state index in [4.69, 9.17) is 9.97 Å². The van der Waals surface area contributed by atoms with Crippen LogP contribution in [0, 0.1) is 20.8 Å². The van der Waals surface area contributed by atoms with Crippen LogP contribution in [-0.2, 0) is 0 Å². The van der Waals surface area contributed by atoms with Crippen molar-refractivity contribution in [3.63, 3.8) is 0 Å². The van der Waals surface area contributed by atoms with Crippen molar-refractivity contribution >= 4 is 21.8 Å². The molecule has 0 saturated heterocycles. The number of fused-ring (bicyclic) bond motifs is 2. The molecule has 6 aromatic rings. The van der Waals surface area contributed by atoms with Crippen molar-refractivity contribution in [1.29, 1.82) is 0 Å². The summed E-state index contributed by atoms with van der Waals surface area (Å²) in [6.07, 6.45) is 0. The van der Waals surface area contributed by atoms with Gasteiger partial charge in [-0.05, 0) is 68.8 Å². The fourth-order valence-corrected chi connectivity index (χ4v) is 4.78. The van der Waals surface area contributed by atoms with E-state index in [1.165, 1.54) is 0 Å². The van der Waals surface area contributed by atoms with Crippen molar-refractivity contribution in [1.82, 2.24) is 19.1 Å². The Balaban J connectivity index is 1.81. The van der Waals surface area contributed by atoms with Gasteiger partial charge in [-0.2, -0.15) is 0 Å². The molecule has 6 rings (SSSR count). The summed E-state index contributed by atoms with van der Waals surface area (Å²) in [6.45, 7) is 5.97. The van der Waals surface area contributed by atoms with E-state index in [-0.39, 0.29) is 11.1 Å². The van der Waals surface area contributed by atoms with Crippen LogP contribution >= 0.6 is 0 Å². The topological polar surface area (TPSA) is 69.8 Å². The maximum Gasteiger partial charge on any atom is 0.266 e. The summed E-state index contributed by atoms with van der Waals surface area (Å²) in [6, 6.07) is 28.1. The zero-order valence-electron chi connectivity index (χ0n) is 20.8. The Labute approximate surface area is 213 Å². The normalized spacial score (nSPS) is 11.3. The Bertz CT molecular complexity index is 1950.